The molecule has 0 spiro atoms. The molecule has 0 aliphatic carbocycles. The molecule has 4 nitrogen and oxygen atoms in total. The van der Waals surface area contributed by atoms with Gasteiger partial charge in [-0.2, -0.15) is 0 Å². The first kappa shape index (κ1) is 18.3. The minimum Gasteiger partial charge on any atom is -1.00 e. The van der Waals surface area contributed by atoms with Crippen LogP contribution in [0.15, 0.2) is 0 Å². The van der Waals surface area contributed by atoms with Gasteiger partial charge < -0.3 is 21.8 Å². The Kier molecular flexibility index (Phi) is 6.71. The van der Waals surface area contributed by atoms with Gasteiger partial charge in [0, 0.05) is 6.92 Å². The molecule has 1 heterocycles. The lowest BCUT2D eigenvalue weighted by atomic mass is 10.0. The van der Waals surface area contributed by atoms with Crippen molar-refractivity contribution < 1.29 is 21.7 Å². The summed E-state index contributed by atoms with van der Waals surface area (Å²) in [7, 11) is 2.19. The molecule has 1 saturated heterocycles. The van der Waals surface area contributed by atoms with Crippen LogP contribution >= 0.6 is 23.6 Å². The number of halogens is 3. The summed E-state index contributed by atoms with van der Waals surface area (Å²) in [5, 5.41) is 0. The van der Waals surface area contributed by atoms with Gasteiger partial charge >= 0.3 is 0 Å². The fraction of sp³-hybridized carbons (Fsp3) is 0.909. The van der Waals surface area contributed by atoms with Gasteiger partial charge in [-0.3, -0.25) is 4.79 Å². The quantitative estimate of drug-likeness (QED) is 0.476. The summed E-state index contributed by atoms with van der Waals surface area (Å²) in [5.41, 5.74) is -0.268. The first-order valence-electron chi connectivity index (χ1n) is 5.87. The van der Waals surface area contributed by atoms with E-state index in [0.29, 0.717) is 0 Å². The van der Waals surface area contributed by atoms with Crippen molar-refractivity contribution in [1.29, 1.82) is 0 Å². The smallest absolute Gasteiger partial charge is 0.219 e. The van der Waals surface area contributed by atoms with Crippen molar-refractivity contribution >= 4 is 29.5 Å². The predicted octanol–water partition coefficient (Wildman–Crippen LogP) is -1.31. The van der Waals surface area contributed by atoms with E-state index < -0.39 is 0 Å². The number of likely N-dealkylation sites (N-methyl/N-ethyl adjacent to an activating group) is 1. The summed E-state index contributed by atoms with van der Waals surface area (Å²) in [4.78, 5) is 13.2. The summed E-state index contributed by atoms with van der Waals surface area (Å²) in [6.45, 7) is 10.1. The third-order valence-electron chi connectivity index (χ3n) is 3.49. The van der Waals surface area contributed by atoms with Crippen molar-refractivity contribution in [2.45, 2.75) is 26.3 Å². The van der Waals surface area contributed by atoms with E-state index in [-0.39, 0.29) is 23.9 Å². The molecule has 0 aromatic carbocycles. The average molecular weight is 319 g/mol. The number of piperazine rings is 1. The third-order valence-corrected chi connectivity index (χ3v) is 4.41. The van der Waals surface area contributed by atoms with Crippen LogP contribution in [0.2, 0.25) is 0 Å². The highest BCUT2D eigenvalue weighted by molar-refractivity contribution is 6.34. The second-order valence-electron chi connectivity index (χ2n) is 5.78. The Morgan fingerprint density at radius 3 is 2.11 bits per heavy atom. The van der Waals surface area contributed by atoms with Crippen LogP contribution in [0, 0.1) is 0 Å². The molecule has 0 radical (unpaired) electrons. The van der Waals surface area contributed by atoms with Gasteiger partial charge in [0.15, 0.2) is 0 Å². The molecule has 7 heteroatoms. The van der Waals surface area contributed by atoms with E-state index in [1.54, 1.807) is 6.92 Å². The van der Waals surface area contributed by atoms with E-state index >= 15 is 0 Å². The van der Waals surface area contributed by atoms with Crippen LogP contribution in [0.3, 0.4) is 0 Å². The van der Waals surface area contributed by atoms with Crippen molar-refractivity contribution in [1.82, 2.24) is 8.84 Å². The van der Waals surface area contributed by atoms with Crippen LogP contribution in [0.25, 0.3) is 0 Å². The highest BCUT2D eigenvalue weighted by Gasteiger charge is 2.38. The number of hydrogen-bond acceptors (Lipinski definition) is 2. The summed E-state index contributed by atoms with van der Waals surface area (Å²) in [5.74, 6) is 0.159. The molecule has 0 N–H and O–H groups in total. The minimum absolute atomic E-state index is 0. The zero-order valence-corrected chi connectivity index (χ0v) is 13.7. The fourth-order valence-corrected chi connectivity index (χ4v) is 2.52. The van der Waals surface area contributed by atoms with Crippen LogP contribution in [-0.2, 0) is 4.79 Å². The number of carbonyl (C=O) groups is 1. The van der Waals surface area contributed by atoms with E-state index in [0.717, 1.165) is 37.2 Å². The van der Waals surface area contributed by atoms with Crippen LogP contribution < -0.4 is 12.4 Å². The van der Waals surface area contributed by atoms with Crippen molar-refractivity contribution in [3.8, 4) is 0 Å². The normalized spacial score (nSPS) is 19.6. The molecule has 18 heavy (non-hydrogen) atoms. The molecule has 1 rings (SSSR count). The molecular weight excluding hydrogens is 296 g/mol. The summed E-state index contributed by atoms with van der Waals surface area (Å²) in [6.07, 6.45) is 0. The topological polar surface area (TPSA) is 23.6 Å². The maximum Gasteiger partial charge on any atom is 0.219 e. The number of amides is 1. The maximum absolute atomic E-state index is 11.3. The Hall–Kier alpha value is 0.260. The molecule has 0 aromatic heterocycles. The SMILES string of the molecule is CC(=O)N1CC[N+](C)(CC(C)(C)N(Cl)Cl)CC1.[Cl-]. The Bertz CT molecular complexity index is 289. The van der Waals surface area contributed by atoms with Crippen molar-refractivity contribution in [2.75, 3.05) is 39.8 Å². The molecule has 0 saturated carbocycles. The first-order valence-corrected chi connectivity index (χ1v) is 6.55. The highest BCUT2D eigenvalue weighted by atomic mass is 35.5. The molecule has 0 aromatic rings. The predicted molar refractivity (Wildman–Crippen MR) is 70.7 cm³/mol. The molecule has 0 bridgehead atoms. The Morgan fingerprint density at radius 1 is 1.33 bits per heavy atom. The van der Waals surface area contributed by atoms with Crippen LogP contribution in [0.1, 0.15) is 20.8 Å². The summed E-state index contributed by atoms with van der Waals surface area (Å²) < 4.78 is 2.13. The van der Waals surface area contributed by atoms with Gasteiger partial charge in [-0.25, -0.2) is 0 Å². The van der Waals surface area contributed by atoms with Gasteiger partial charge in [0.05, 0.1) is 45.3 Å². The van der Waals surface area contributed by atoms with Gasteiger partial charge in [-0.1, -0.05) is 0 Å². The standard InChI is InChI=1S/C11H22Cl2N3O.ClH/c1-10(17)14-5-7-16(4,8-6-14)9-11(2,3)15(12)13;/h5-9H2,1-4H3;1H/q+1;/p-1. The maximum atomic E-state index is 11.3. The number of quaternary nitrogens is 1. The average Bonchev–Trinajstić information content (AvgIpc) is 2.16. The van der Waals surface area contributed by atoms with Gasteiger partial charge in [0.1, 0.15) is 0 Å². The van der Waals surface area contributed by atoms with E-state index in [9.17, 15) is 4.79 Å². The van der Waals surface area contributed by atoms with E-state index in [2.05, 4.69) is 7.05 Å². The van der Waals surface area contributed by atoms with Gasteiger partial charge in [0.25, 0.3) is 0 Å². The highest BCUT2D eigenvalue weighted by Crippen LogP contribution is 2.24. The number of hydrogen-bond donors (Lipinski definition) is 0. The largest absolute Gasteiger partial charge is 1.00 e. The van der Waals surface area contributed by atoms with Crippen molar-refractivity contribution in [3.05, 3.63) is 0 Å². The molecular formula is C11H22Cl3N3O. The van der Waals surface area contributed by atoms with Gasteiger partial charge in [0.2, 0.25) is 5.91 Å². The molecule has 1 aliphatic rings. The van der Waals surface area contributed by atoms with Crippen molar-refractivity contribution in [3.63, 3.8) is 0 Å². The lowest BCUT2D eigenvalue weighted by Crippen LogP contribution is -3.00. The monoisotopic (exact) mass is 317 g/mol. The third kappa shape index (κ3) is 4.74. The second-order valence-corrected chi connectivity index (χ2v) is 6.63. The van der Waals surface area contributed by atoms with Gasteiger partial charge in [-0.15, -0.1) is 3.94 Å². The second kappa shape index (κ2) is 6.62. The molecule has 1 fully saturated rings. The fourth-order valence-electron chi connectivity index (χ4n) is 2.41. The summed E-state index contributed by atoms with van der Waals surface area (Å²) >= 11 is 11.7. The van der Waals surface area contributed by atoms with Crippen LogP contribution in [-0.4, -0.2) is 64.5 Å². The lowest BCUT2D eigenvalue weighted by molar-refractivity contribution is -0.916. The zero-order chi connectivity index (χ0) is 13.3. The Balaban J connectivity index is 0.00000289. The Morgan fingerprint density at radius 2 is 1.78 bits per heavy atom. The van der Waals surface area contributed by atoms with E-state index in [4.69, 9.17) is 23.6 Å². The van der Waals surface area contributed by atoms with Gasteiger partial charge in [-0.05, 0) is 37.4 Å². The first-order chi connectivity index (χ1) is 7.66. The lowest BCUT2D eigenvalue weighted by Gasteiger charge is -2.45. The van der Waals surface area contributed by atoms with Crippen LogP contribution in [0.4, 0.5) is 0 Å². The zero-order valence-electron chi connectivity index (χ0n) is 11.4. The number of rotatable bonds is 3. The number of nitrogens with zero attached hydrogens (tertiary/aromatic N) is 3. The van der Waals surface area contributed by atoms with Crippen molar-refractivity contribution in [2.24, 2.45) is 0 Å². The van der Waals surface area contributed by atoms with E-state index in [1.165, 1.54) is 3.94 Å². The van der Waals surface area contributed by atoms with Crippen LogP contribution in [0.5, 0.6) is 0 Å². The summed E-state index contributed by atoms with van der Waals surface area (Å²) in [6, 6.07) is 0. The molecule has 1 amide bonds. The van der Waals surface area contributed by atoms with E-state index in [1.807, 2.05) is 18.7 Å². The number of carbonyl (C=O) groups excluding carboxylic acids is 1. The molecule has 1 aliphatic heterocycles. The molecule has 108 valence electrons. The molecule has 0 unspecified atom stereocenters. The minimum atomic E-state index is -0.268. The molecule has 0 atom stereocenters. The Labute approximate surface area is 126 Å².